The second-order valence-corrected chi connectivity index (χ2v) is 5.14. The van der Waals surface area contributed by atoms with Crippen LogP contribution in [-0.4, -0.2) is 22.4 Å². The molecule has 0 saturated heterocycles. The van der Waals surface area contributed by atoms with Crippen molar-refractivity contribution in [1.29, 1.82) is 0 Å². The molecule has 108 valence electrons. The summed E-state index contributed by atoms with van der Waals surface area (Å²) >= 11 is 0. The van der Waals surface area contributed by atoms with Crippen LogP contribution < -0.4 is 10.1 Å². The van der Waals surface area contributed by atoms with Crippen molar-refractivity contribution in [2.75, 3.05) is 6.61 Å². The van der Waals surface area contributed by atoms with E-state index in [9.17, 15) is 0 Å². The number of benzene rings is 1. The van der Waals surface area contributed by atoms with E-state index < -0.39 is 0 Å². The Morgan fingerprint density at radius 3 is 2.75 bits per heavy atom. The highest BCUT2D eigenvalue weighted by Crippen LogP contribution is 2.31. The summed E-state index contributed by atoms with van der Waals surface area (Å²) in [6, 6.07) is 8.51. The largest absolute Gasteiger partial charge is 0.493 e. The van der Waals surface area contributed by atoms with Crippen LogP contribution in [0.1, 0.15) is 26.3 Å². The first-order valence-corrected chi connectivity index (χ1v) is 7.10. The fraction of sp³-hybridized carbons (Fsp3) is 0.438. The van der Waals surface area contributed by atoms with E-state index in [-0.39, 0.29) is 0 Å². The Morgan fingerprint density at radius 2 is 2.05 bits per heavy atom. The fourth-order valence-corrected chi connectivity index (χ4v) is 2.15. The first kappa shape index (κ1) is 14.6. The molecule has 1 N–H and O–H groups in total. The van der Waals surface area contributed by atoms with Crippen molar-refractivity contribution in [3.63, 3.8) is 0 Å². The number of para-hydroxylation sites is 1. The zero-order valence-electron chi connectivity index (χ0n) is 12.7. The zero-order valence-corrected chi connectivity index (χ0v) is 12.7. The minimum atomic E-state index is 0.449. The number of hydrogen-bond donors (Lipinski definition) is 1. The third kappa shape index (κ3) is 3.39. The lowest BCUT2D eigenvalue weighted by Crippen LogP contribution is -2.21. The summed E-state index contributed by atoms with van der Waals surface area (Å²) in [6.45, 7) is 7.75. The van der Waals surface area contributed by atoms with Gasteiger partial charge in [0.1, 0.15) is 11.4 Å². The van der Waals surface area contributed by atoms with Gasteiger partial charge in [-0.15, -0.1) is 0 Å². The van der Waals surface area contributed by atoms with Crippen LogP contribution in [0.25, 0.3) is 11.3 Å². The molecule has 1 aromatic carbocycles. The van der Waals surface area contributed by atoms with Crippen molar-refractivity contribution >= 4 is 0 Å². The molecule has 2 aromatic rings. The molecule has 0 aliphatic rings. The van der Waals surface area contributed by atoms with Gasteiger partial charge in [0.25, 0.3) is 0 Å². The van der Waals surface area contributed by atoms with Crippen molar-refractivity contribution in [3.05, 3.63) is 36.0 Å². The Balaban J connectivity index is 2.36. The van der Waals surface area contributed by atoms with E-state index in [1.165, 1.54) is 5.56 Å². The van der Waals surface area contributed by atoms with Gasteiger partial charge in [-0.1, -0.05) is 26.0 Å². The van der Waals surface area contributed by atoms with Gasteiger partial charge < -0.3 is 10.1 Å². The maximum atomic E-state index is 5.71. The van der Waals surface area contributed by atoms with Crippen LogP contribution in [0.2, 0.25) is 0 Å². The molecular formula is C16H23N3O. The average Bonchev–Trinajstić information content (AvgIpc) is 2.78. The van der Waals surface area contributed by atoms with Gasteiger partial charge in [-0.2, -0.15) is 5.10 Å². The van der Waals surface area contributed by atoms with Crippen LogP contribution >= 0.6 is 0 Å². The molecule has 0 amide bonds. The number of nitrogens with zero attached hydrogens (tertiary/aromatic N) is 2. The number of aromatic nitrogens is 2. The fourth-order valence-electron chi connectivity index (χ4n) is 2.15. The molecule has 0 bridgehead atoms. The van der Waals surface area contributed by atoms with E-state index >= 15 is 0 Å². The summed E-state index contributed by atoms with van der Waals surface area (Å²) in [5.74, 6) is 0.888. The van der Waals surface area contributed by atoms with Gasteiger partial charge in [0.05, 0.1) is 6.61 Å². The monoisotopic (exact) mass is 273 g/mol. The maximum absolute atomic E-state index is 5.71. The SMILES string of the molecule is CCOc1ccccc1-c1nn(C)cc1CNC(C)C. The predicted octanol–water partition coefficient (Wildman–Crippen LogP) is 2.98. The summed E-state index contributed by atoms with van der Waals surface area (Å²) in [6.07, 6.45) is 2.06. The van der Waals surface area contributed by atoms with Crippen LogP contribution in [0, 0.1) is 0 Å². The van der Waals surface area contributed by atoms with Crippen LogP contribution in [0.5, 0.6) is 5.75 Å². The Morgan fingerprint density at radius 1 is 1.30 bits per heavy atom. The Bertz CT molecular complexity index is 561. The number of aryl methyl sites for hydroxylation is 1. The highest BCUT2D eigenvalue weighted by molar-refractivity contribution is 5.69. The Labute approximate surface area is 120 Å². The molecule has 0 aliphatic heterocycles. The van der Waals surface area contributed by atoms with Gasteiger partial charge >= 0.3 is 0 Å². The third-order valence-corrected chi connectivity index (χ3v) is 3.05. The van der Waals surface area contributed by atoms with E-state index in [0.29, 0.717) is 12.6 Å². The summed E-state index contributed by atoms with van der Waals surface area (Å²) in [4.78, 5) is 0. The van der Waals surface area contributed by atoms with Gasteiger partial charge in [-0.05, 0) is 19.1 Å². The minimum Gasteiger partial charge on any atom is -0.493 e. The third-order valence-electron chi connectivity index (χ3n) is 3.05. The first-order valence-electron chi connectivity index (χ1n) is 7.10. The lowest BCUT2D eigenvalue weighted by molar-refractivity contribution is 0.341. The number of nitrogens with one attached hydrogen (secondary N) is 1. The van der Waals surface area contributed by atoms with Crippen LogP contribution in [0.3, 0.4) is 0 Å². The van der Waals surface area contributed by atoms with Crippen molar-refractivity contribution in [1.82, 2.24) is 15.1 Å². The lowest BCUT2D eigenvalue weighted by Gasteiger charge is -2.11. The number of ether oxygens (including phenoxy) is 1. The molecule has 0 aliphatic carbocycles. The van der Waals surface area contributed by atoms with Gasteiger partial charge in [-0.25, -0.2) is 0 Å². The van der Waals surface area contributed by atoms with E-state index in [1.54, 1.807) is 0 Å². The van der Waals surface area contributed by atoms with Crippen molar-refractivity contribution in [2.24, 2.45) is 7.05 Å². The number of rotatable bonds is 6. The molecule has 0 radical (unpaired) electrons. The standard InChI is InChI=1S/C16H23N3O/c1-5-20-15-9-7-6-8-14(15)16-13(10-17-12(2)3)11-19(4)18-16/h6-9,11-12,17H,5,10H2,1-4H3. The van der Waals surface area contributed by atoms with Crippen LogP contribution in [0.15, 0.2) is 30.5 Å². The van der Waals surface area contributed by atoms with Gasteiger partial charge in [-0.3, -0.25) is 4.68 Å². The average molecular weight is 273 g/mol. The smallest absolute Gasteiger partial charge is 0.128 e. The summed E-state index contributed by atoms with van der Waals surface area (Å²) in [7, 11) is 1.95. The first-order chi connectivity index (χ1) is 9.61. The van der Waals surface area contributed by atoms with E-state index in [0.717, 1.165) is 23.6 Å². The quantitative estimate of drug-likeness (QED) is 0.879. The highest BCUT2D eigenvalue weighted by Gasteiger charge is 2.14. The molecular weight excluding hydrogens is 250 g/mol. The summed E-state index contributed by atoms with van der Waals surface area (Å²) in [5, 5.41) is 8.04. The van der Waals surface area contributed by atoms with Gasteiger partial charge in [0, 0.05) is 37.0 Å². The zero-order chi connectivity index (χ0) is 14.5. The molecule has 4 nitrogen and oxygen atoms in total. The van der Waals surface area contributed by atoms with E-state index in [2.05, 4.69) is 36.5 Å². The topological polar surface area (TPSA) is 39.1 Å². The second-order valence-electron chi connectivity index (χ2n) is 5.14. The Kier molecular flexibility index (Phi) is 4.79. The molecule has 1 aromatic heterocycles. The van der Waals surface area contributed by atoms with Crippen LogP contribution in [-0.2, 0) is 13.6 Å². The van der Waals surface area contributed by atoms with E-state index in [1.807, 2.05) is 36.9 Å². The van der Waals surface area contributed by atoms with Crippen molar-refractivity contribution in [2.45, 2.75) is 33.4 Å². The molecule has 0 saturated carbocycles. The molecule has 0 unspecified atom stereocenters. The maximum Gasteiger partial charge on any atom is 0.128 e. The summed E-state index contributed by atoms with van der Waals surface area (Å²) < 4.78 is 7.57. The predicted molar refractivity (Wildman–Crippen MR) is 81.8 cm³/mol. The second kappa shape index (κ2) is 6.57. The molecule has 1 heterocycles. The van der Waals surface area contributed by atoms with Crippen LogP contribution in [0.4, 0.5) is 0 Å². The summed E-state index contributed by atoms with van der Waals surface area (Å²) in [5.41, 5.74) is 3.23. The molecule has 0 atom stereocenters. The van der Waals surface area contributed by atoms with Gasteiger partial charge in [0.2, 0.25) is 0 Å². The Hall–Kier alpha value is -1.81. The molecule has 0 fully saturated rings. The molecule has 4 heteroatoms. The van der Waals surface area contributed by atoms with E-state index in [4.69, 9.17) is 4.74 Å². The molecule has 0 spiro atoms. The molecule has 20 heavy (non-hydrogen) atoms. The minimum absolute atomic E-state index is 0.449. The van der Waals surface area contributed by atoms with Crippen molar-refractivity contribution < 1.29 is 4.74 Å². The number of hydrogen-bond acceptors (Lipinski definition) is 3. The van der Waals surface area contributed by atoms with Crippen molar-refractivity contribution in [3.8, 4) is 17.0 Å². The normalized spacial score (nSPS) is 11.1. The lowest BCUT2D eigenvalue weighted by atomic mass is 10.1. The molecule has 2 rings (SSSR count). The highest BCUT2D eigenvalue weighted by atomic mass is 16.5. The van der Waals surface area contributed by atoms with Gasteiger partial charge in [0.15, 0.2) is 0 Å².